The Hall–Kier alpha value is -1.55. The monoisotopic (exact) mass is 221 g/mol. The van der Waals surface area contributed by atoms with Gasteiger partial charge in [0.05, 0.1) is 6.61 Å². The molecule has 0 bridgehead atoms. The highest BCUT2D eigenvalue weighted by atomic mass is 16.5. The van der Waals surface area contributed by atoms with Crippen molar-refractivity contribution in [1.29, 1.82) is 0 Å². The van der Waals surface area contributed by atoms with Crippen LogP contribution in [0, 0.1) is 0 Å². The van der Waals surface area contributed by atoms with Crippen molar-refractivity contribution in [2.75, 3.05) is 13.2 Å². The Morgan fingerprint density at radius 3 is 3.19 bits per heavy atom. The van der Waals surface area contributed by atoms with Gasteiger partial charge in [-0.15, -0.1) is 0 Å². The Labute approximate surface area is 94.3 Å². The molecule has 1 aromatic carbocycles. The molecule has 1 atom stereocenters. The molecule has 1 aliphatic rings. The van der Waals surface area contributed by atoms with Gasteiger partial charge in [0.2, 0.25) is 0 Å². The van der Waals surface area contributed by atoms with E-state index < -0.39 is 0 Å². The summed E-state index contributed by atoms with van der Waals surface area (Å²) < 4.78 is 10.5. The molecule has 16 heavy (non-hydrogen) atoms. The Morgan fingerprint density at radius 2 is 2.44 bits per heavy atom. The molecule has 0 fully saturated rings. The molecule has 0 saturated heterocycles. The summed E-state index contributed by atoms with van der Waals surface area (Å²) in [5.41, 5.74) is 7.26. The van der Waals surface area contributed by atoms with Gasteiger partial charge in [0, 0.05) is 6.04 Å². The normalized spacial score (nSPS) is 18.5. The first-order valence-corrected chi connectivity index (χ1v) is 5.39. The first kappa shape index (κ1) is 11.0. The number of hydrogen-bond donors (Lipinski definition) is 1. The summed E-state index contributed by atoms with van der Waals surface area (Å²) in [6.07, 6.45) is 0.739. The van der Waals surface area contributed by atoms with E-state index in [2.05, 4.69) is 0 Å². The highest BCUT2D eigenvalue weighted by Gasteiger charge is 2.22. The van der Waals surface area contributed by atoms with Gasteiger partial charge in [0.15, 0.2) is 0 Å². The minimum Gasteiger partial charge on any atom is -0.491 e. The summed E-state index contributed by atoms with van der Waals surface area (Å²) >= 11 is 0. The lowest BCUT2D eigenvalue weighted by Gasteiger charge is -2.23. The topological polar surface area (TPSA) is 61.5 Å². The van der Waals surface area contributed by atoms with Crippen LogP contribution in [0.4, 0.5) is 0 Å². The van der Waals surface area contributed by atoms with Crippen LogP contribution in [0.3, 0.4) is 0 Å². The number of rotatable bonds is 2. The standard InChI is InChI=1S/C12H15NO3/c1-2-15-12(14)10-5-3-4-8-6-9(13)7-16-11(8)10/h3-5,9H,2,6-7,13H2,1H3. The third-order valence-corrected chi connectivity index (χ3v) is 2.52. The number of carbonyl (C=O) groups excluding carboxylic acids is 1. The molecule has 1 heterocycles. The fourth-order valence-electron chi connectivity index (χ4n) is 1.82. The molecule has 1 aromatic rings. The third-order valence-electron chi connectivity index (χ3n) is 2.52. The first-order chi connectivity index (χ1) is 7.72. The van der Waals surface area contributed by atoms with Crippen molar-refractivity contribution in [3.63, 3.8) is 0 Å². The fourth-order valence-corrected chi connectivity index (χ4v) is 1.82. The number of hydrogen-bond acceptors (Lipinski definition) is 4. The second-order valence-corrected chi connectivity index (χ2v) is 3.79. The lowest BCUT2D eigenvalue weighted by Crippen LogP contribution is -2.34. The Balaban J connectivity index is 2.33. The average molecular weight is 221 g/mol. The predicted molar refractivity (Wildman–Crippen MR) is 59.6 cm³/mol. The van der Waals surface area contributed by atoms with Crippen LogP contribution in [-0.2, 0) is 11.2 Å². The zero-order valence-corrected chi connectivity index (χ0v) is 9.23. The summed E-state index contributed by atoms with van der Waals surface area (Å²) in [5, 5.41) is 0. The van der Waals surface area contributed by atoms with Crippen LogP contribution in [-0.4, -0.2) is 25.2 Å². The fraction of sp³-hybridized carbons (Fsp3) is 0.417. The van der Waals surface area contributed by atoms with Gasteiger partial charge in [-0.3, -0.25) is 0 Å². The van der Waals surface area contributed by atoms with Crippen molar-refractivity contribution >= 4 is 5.97 Å². The van der Waals surface area contributed by atoms with Gasteiger partial charge in [0.25, 0.3) is 0 Å². The molecule has 0 radical (unpaired) electrons. The maximum absolute atomic E-state index is 11.7. The maximum atomic E-state index is 11.7. The average Bonchev–Trinajstić information content (AvgIpc) is 2.28. The second-order valence-electron chi connectivity index (χ2n) is 3.79. The second kappa shape index (κ2) is 4.53. The third kappa shape index (κ3) is 2.02. The Kier molecular flexibility index (Phi) is 3.10. The maximum Gasteiger partial charge on any atom is 0.341 e. The summed E-state index contributed by atoms with van der Waals surface area (Å²) in [6, 6.07) is 5.47. The van der Waals surface area contributed by atoms with Crippen LogP contribution in [0.25, 0.3) is 0 Å². The van der Waals surface area contributed by atoms with Crippen LogP contribution in [0.1, 0.15) is 22.8 Å². The van der Waals surface area contributed by atoms with E-state index in [0.717, 1.165) is 12.0 Å². The van der Waals surface area contributed by atoms with Gasteiger partial charge in [-0.2, -0.15) is 0 Å². The largest absolute Gasteiger partial charge is 0.491 e. The van der Waals surface area contributed by atoms with Gasteiger partial charge >= 0.3 is 5.97 Å². The summed E-state index contributed by atoms with van der Waals surface area (Å²) in [4.78, 5) is 11.7. The number of esters is 1. The molecule has 0 saturated carbocycles. The van der Waals surface area contributed by atoms with Crippen molar-refractivity contribution in [1.82, 2.24) is 0 Å². The molecule has 4 heteroatoms. The van der Waals surface area contributed by atoms with Gasteiger partial charge < -0.3 is 15.2 Å². The van der Waals surface area contributed by atoms with Gasteiger partial charge in [-0.05, 0) is 25.0 Å². The van der Waals surface area contributed by atoms with E-state index in [0.29, 0.717) is 24.5 Å². The smallest absolute Gasteiger partial charge is 0.341 e. The molecule has 2 rings (SSSR count). The van der Waals surface area contributed by atoms with Crippen LogP contribution in [0.15, 0.2) is 18.2 Å². The molecule has 4 nitrogen and oxygen atoms in total. The van der Waals surface area contributed by atoms with E-state index in [9.17, 15) is 4.79 Å². The van der Waals surface area contributed by atoms with Crippen molar-refractivity contribution < 1.29 is 14.3 Å². The SMILES string of the molecule is CCOC(=O)c1cccc2c1OCC(N)C2. The number of fused-ring (bicyclic) bond motifs is 1. The molecule has 0 aliphatic carbocycles. The number of carbonyl (C=O) groups is 1. The van der Waals surface area contributed by atoms with Gasteiger partial charge in [-0.1, -0.05) is 12.1 Å². The van der Waals surface area contributed by atoms with Gasteiger partial charge in [0.1, 0.15) is 17.9 Å². The quantitative estimate of drug-likeness (QED) is 0.760. The number of ether oxygens (including phenoxy) is 2. The number of nitrogens with two attached hydrogens (primary N) is 1. The highest BCUT2D eigenvalue weighted by Crippen LogP contribution is 2.29. The minimum absolute atomic E-state index is 0.00458. The van der Waals surface area contributed by atoms with Crippen molar-refractivity contribution in [2.24, 2.45) is 5.73 Å². The summed E-state index contributed by atoms with van der Waals surface area (Å²) in [7, 11) is 0. The van der Waals surface area contributed by atoms with Crippen LogP contribution >= 0.6 is 0 Å². The first-order valence-electron chi connectivity index (χ1n) is 5.39. The molecule has 1 aliphatic heterocycles. The van der Waals surface area contributed by atoms with E-state index >= 15 is 0 Å². The lowest BCUT2D eigenvalue weighted by atomic mass is 10.00. The highest BCUT2D eigenvalue weighted by molar-refractivity contribution is 5.93. The summed E-state index contributed by atoms with van der Waals surface area (Å²) in [6.45, 7) is 2.59. The van der Waals surface area contributed by atoms with E-state index in [-0.39, 0.29) is 12.0 Å². The van der Waals surface area contributed by atoms with Crippen molar-refractivity contribution in [2.45, 2.75) is 19.4 Å². The Bertz CT molecular complexity index is 403. The van der Waals surface area contributed by atoms with Crippen molar-refractivity contribution in [3.8, 4) is 5.75 Å². The number of benzene rings is 1. The zero-order valence-electron chi connectivity index (χ0n) is 9.23. The van der Waals surface area contributed by atoms with Crippen LogP contribution in [0.2, 0.25) is 0 Å². The van der Waals surface area contributed by atoms with Crippen molar-refractivity contribution in [3.05, 3.63) is 29.3 Å². The molecule has 86 valence electrons. The number of para-hydroxylation sites is 1. The van der Waals surface area contributed by atoms with E-state index in [4.69, 9.17) is 15.2 Å². The van der Waals surface area contributed by atoms with Crippen LogP contribution in [0.5, 0.6) is 5.75 Å². The Morgan fingerprint density at radius 1 is 1.62 bits per heavy atom. The molecule has 0 spiro atoms. The molecule has 0 aromatic heterocycles. The van der Waals surface area contributed by atoms with Gasteiger partial charge in [-0.25, -0.2) is 4.79 Å². The molecular weight excluding hydrogens is 206 g/mol. The van der Waals surface area contributed by atoms with E-state index in [1.165, 1.54) is 0 Å². The van der Waals surface area contributed by atoms with E-state index in [1.807, 2.05) is 12.1 Å². The van der Waals surface area contributed by atoms with E-state index in [1.54, 1.807) is 13.0 Å². The van der Waals surface area contributed by atoms with Crippen LogP contribution < -0.4 is 10.5 Å². The molecule has 2 N–H and O–H groups in total. The molecule has 1 unspecified atom stereocenters. The predicted octanol–water partition coefficient (Wildman–Crippen LogP) is 1.13. The summed E-state index contributed by atoms with van der Waals surface area (Å²) in [5.74, 6) is 0.289. The molecule has 0 amide bonds. The minimum atomic E-state index is -0.338. The lowest BCUT2D eigenvalue weighted by molar-refractivity contribution is 0.0520. The zero-order chi connectivity index (χ0) is 11.5. The molecular formula is C12H15NO3.